The predicted molar refractivity (Wildman–Crippen MR) is 87.9 cm³/mol. The first-order valence-electron chi connectivity index (χ1n) is 7.52. The fourth-order valence-corrected chi connectivity index (χ4v) is 2.09. The van der Waals surface area contributed by atoms with Gasteiger partial charge in [-0.3, -0.25) is 9.78 Å². The molecule has 1 aromatic heterocycles. The van der Waals surface area contributed by atoms with Crippen LogP contribution in [-0.4, -0.2) is 22.4 Å². The molecule has 1 aromatic carbocycles. The summed E-state index contributed by atoms with van der Waals surface area (Å²) in [6.07, 6.45) is 3.90. The van der Waals surface area contributed by atoms with E-state index in [0.29, 0.717) is 12.2 Å². The van der Waals surface area contributed by atoms with Crippen LogP contribution in [0.15, 0.2) is 36.7 Å². The van der Waals surface area contributed by atoms with E-state index in [9.17, 15) is 4.79 Å². The van der Waals surface area contributed by atoms with E-state index in [2.05, 4.69) is 60.3 Å². The number of nitrogens with zero attached hydrogens (tertiary/aromatic N) is 2. The number of carbonyl (C=O) groups excluding carboxylic acids is 1. The summed E-state index contributed by atoms with van der Waals surface area (Å²) >= 11 is 0. The quantitative estimate of drug-likeness (QED) is 0.943. The molecule has 4 heteroatoms. The molecule has 2 rings (SSSR count). The van der Waals surface area contributed by atoms with Crippen molar-refractivity contribution in [2.24, 2.45) is 0 Å². The smallest absolute Gasteiger partial charge is 0.271 e. The number of hydrogen-bond acceptors (Lipinski definition) is 3. The van der Waals surface area contributed by atoms with Crippen LogP contribution in [0, 0.1) is 6.92 Å². The Morgan fingerprint density at radius 3 is 2.32 bits per heavy atom. The lowest BCUT2D eigenvalue weighted by Crippen LogP contribution is -2.26. The van der Waals surface area contributed by atoms with Gasteiger partial charge in [0.25, 0.3) is 5.91 Å². The standard InChI is InChI=1S/C18H23N3O/c1-13-11-21-16(12-20-13)17(22)19-10-9-14-5-7-15(8-6-14)18(2,3)4/h5-8,11-12H,9-10H2,1-4H3,(H,19,22). The Labute approximate surface area is 132 Å². The van der Waals surface area contributed by atoms with Gasteiger partial charge in [-0.25, -0.2) is 4.98 Å². The molecule has 1 N–H and O–H groups in total. The summed E-state index contributed by atoms with van der Waals surface area (Å²) in [5.74, 6) is -0.182. The SMILES string of the molecule is Cc1cnc(C(=O)NCCc2ccc(C(C)(C)C)cc2)cn1. The second-order valence-electron chi connectivity index (χ2n) is 6.50. The number of benzene rings is 1. The molecule has 116 valence electrons. The summed E-state index contributed by atoms with van der Waals surface area (Å²) in [5.41, 5.74) is 3.85. The highest BCUT2D eigenvalue weighted by atomic mass is 16.1. The summed E-state index contributed by atoms with van der Waals surface area (Å²) in [6, 6.07) is 8.56. The number of nitrogens with one attached hydrogen (secondary N) is 1. The van der Waals surface area contributed by atoms with E-state index in [1.165, 1.54) is 17.3 Å². The molecule has 0 aliphatic carbocycles. The Bertz CT molecular complexity index is 625. The van der Waals surface area contributed by atoms with Crippen LogP contribution >= 0.6 is 0 Å². The normalized spacial score (nSPS) is 11.3. The third kappa shape index (κ3) is 4.38. The van der Waals surface area contributed by atoms with E-state index in [1.807, 2.05) is 6.92 Å². The molecule has 0 spiro atoms. The lowest BCUT2D eigenvalue weighted by molar-refractivity contribution is 0.0948. The number of rotatable bonds is 4. The predicted octanol–water partition coefficient (Wildman–Crippen LogP) is 3.06. The first kappa shape index (κ1) is 16.1. The maximum Gasteiger partial charge on any atom is 0.271 e. The third-order valence-electron chi connectivity index (χ3n) is 3.53. The zero-order chi connectivity index (χ0) is 16.2. The van der Waals surface area contributed by atoms with Gasteiger partial charge in [-0.05, 0) is 29.9 Å². The highest BCUT2D eigenvalue weighted by molar-refractivity contribution is 5.91. The Balaban J connectivity index is 1.86. The molecule has 0 aliphatic rings. The van der Waals surface area contributed by atoms with Crippen LogP contribution in [0.5, 0.6) is 0 Å². The van der Waals surface area contributed by atoms with Crippen molar-refractivity contribution >= 4 is 5.91 Å². The molecule has 4 nitrogen and oxygen atoms in total. The fourth-order valence-electron chi connectivity index (χ4n) is 2.09. The lowest BCUT2D eigenvalue weighted by Gasteiger charge is -2.19. The van der Waals surface area contributed by atoms with Crippen LogP contribution in [-0.2, 0) is 11.8 Å². The fraction of sp³-hybridized carbons (Fsp3) is 0.389. The van der Waals surface area contributed by atoms with Gasteiger partial charge in [0.15, 0.2) is 0 Å². The Morgan fingerprint density at radius 1 is 1.09 bits per heavy atom. The van der Waals surface area contributed by atoms with Gasteiger partial charge in [0, 0.05) is 12.7 Å². The average Bonchev–Trinajstić information content (AvgIpc) is 2.47. The zero-order valence-corrected chi connectivity index (χ0v) is 13.7. The first-order valence-corrected chi connectivity index (χ1v) is 7.52. The van der Waals surface area contributed by atoms with Gasteiger partial charge in [-0.15, -0.1) is 0 Å². The molecule has 2 aromatic rings. The minimum absolute atomic E-state index is 0.164. The van der Waals surface area contributed by atoms with E-state index < -0.39 is 0 Å². The molecule has 0 saturated carbocycles. The number of carbonyl (C=O) groups is 1. The minimum Gasteiger partial charge on any atom is -0.350 e. The van der Waals surface area contributed by atoms with Crippen LogP contribution in [0.2, 0.25) is 0 Å². The van der Waals surface area contributed by atoms with Crippen molar-refractivity contribution in [3.8, 4) is 0 Å². The van der Waals surface area contributed by atoms with E-state index >= 15 is 0 Å². The Kier molecular flexibility index (Phi) is 4.91. The average molecular weight is 297 g/mol. The third-order valence-corrected chi connectivity index (χ3v) is 3.53. The summed E-state index contributed by atoms with van der Waals surface area (Å²) in [6.45, 7) is 9.03. The van der Waals surface area contributed by atoms with Gasteiger partial charge in [-0.2, -0.15) is 0 Å². The van der Waals surface area contributed by atoms with E-state index in [1.54, 1.807) is 6.20 Å². The second kappa shape index (κ2) is 6.69. The zero-order valence-electron chi connectivity index (χ0n) is 13.7. The molecule has 1 heterocycles. The molecular formula is C18H23N3O. The Morgan fingerprint density at radius 2 is 1.77 bits per heavy atom. The van der Waals surface area contributed by atoms with Crippen LogP contribution < -0.4 is 5.32 Å². The molecule has 0 atom stereocenters. The minimum atomic E-state index is -0.182. The molecule has 1 amide bonds. The molecule has 0 unspecified atom stereocenters. The van der Waals surface area contributed by atoms with Crippen LogP contribution in [0.1, 0.15) is 48.1 Å². The van der Waals surface area contributed by atoms with Crippen LogP contribution in [0.4, 0.5) is 0 Å². The van der Waals surface area contributed by atoms with Crippen LogP contribution in [0.3, 0.4) is 0 Å². The van der Waals surface area contributed by atoms with Gasteiger partial charge in [0.05, 0.1) is 11.9 Å². The van der Waals surface area contributed by atoms with E-state index in [-0.39, 0.29) is 11.3 Å². The van der Waals surface area contributed by atoms with Crippen molar-refractivity contribution in [1.82, 2.24) is 15.3 Å². The van der Waals surface area contributed by atoms with Crippen molar-refractivity contribution < 1.29 is 4.79 Å². The maximum atomic E-state index is 11.9. The van der Waals surface area contributed by atoms with Crippen molar-refractivity contribution in [3.63, 3.8) is 0 Å². The molecule has 0 bridgehead atoms. The highest BCUT2D eigenvalue weighted by Crippen LogP contribution is 2.22. The van der Waals surface area contributed by atoms with Gasteiger partial charge < -0.3 is 5.32 Å². The van der Waals surface area contributed by atoms with Gasteiger partial charge in [0.1, 0.15) is 5.69 Å². The largest absolute Gasteiger partial charge is 0.350 e. The number of amides is 1. The molecule has 0 saturated heterocycles. The van der Waals surface area contributed by atoms with Crippen LogP contribution in [0.25, 0.3) is 0 Å². The second-order valence-corrected chi connectivity index (χ2v) is 6.50. The molecule has 0 aliphatic heterocycles. The number of aromatic nitrogens is 2. The Hall–Kier alpha value is -2.23. The van der Waals surface area contributed by atoms with E-state index in [0.717, 1.165) is 12.1 Å². The molecule has 22 heavy (non-hydrogen) atoms. The molecule has 0 fully saturated rings. The summed E-state index contributed by atoms with van der Waals surface area (Å²) in [5, 5.41) is 2.87. The van der Waals surface area contributed by atoms with Gasteiger partial charge in [-0.1, -0.05) is 45.0 Å². The number of hydrogen-bond donors (Lipinski definition) is 1. The topological polar surface area (TPSA) is 54.9 Å². The van der Waals surface area contributed by atoms with Gasteiger partial charge >= 0.3 is 0 Å². The summed E-state index contributed by atoms with van der Waals surface area (Å²) in [7, 11) is 0. The highest BCUT2D eigenvalue weighted by Gasteiger charge is 2.12. The van der Waals surface area contributed by atoms with Crippen molar-refractivity contribution in [2.75, 3.05) is 6.54 Å². The van der Waals surface area contributed by atoms with Crippen molar-refractivity contribution in [1.29, 1.82) is 0 Å². The molecule has 0 radical (unpaired) electrons. The molecular weight excluding hydrogens is 274 g/mol. The van der Waals surface area contributed by atoms with E-state index in [4.69, 9.17) is 0 Å². The van der Waals surface area contributed by atoms with Gasteiger partial charge in [0.2, 0.25) is 0 Å². The summed E-state index contributed by atoms with van der Waals surface area (Å²) in [4.78, 5) is 20.1. The van der Waals surface area contributed by atoms with Crippen molar-refractivity contribution in [3.05, 3.63) is 59.2 Å². The first-order chi connectivity index (χ1) is 10.4. The maximum absolute atomic E-state index is 11.9. The monoisotopic (exact) mass is 297 g/mol. The summed E-state index contributed by atoms with van der Waals surface area (Å²) < 4.78 is 0. The lowest BCUT2D eigenvalue weighted by atomic mass is 9.86. The van der Waals surface area contributed by atoms with Crippen molar-refractivity contribution in [2.45, 2.75) is 39.5 Å². The number of aryl methyl sites for hydroxylation is 1.